The van der Waals surface area contributed by atoms with E-state index in [0.29, 0.717) is 24.2 Å². The van der Waals surface area contributed by atoms with E-state index in [9.17, 15) is 14.4 Å². The van der Waals surface area contributed by atoms with Crippen molar-refractivity contribution in [1.29, 1.82) is 0 Å². The van der Waals surface area contributed by atoms with Gasteiger partial charge >= 0.3 is 6.03 Å². The number of allylic oxidation sites excluding steroid dienone is 4. The number of nitrogens with zero attached hydrogens (tertiary/aromatic N) is 2. The minimum atomic E-state index is -0.402. The van der Waals surface area contributed by atoms with Crippen molar-refractivity contribution < 1.29 is 19.1 Å². The van der Waals surface area contributed by atoms with Crippen LogP contribution >= 0.6 is 0 Å². The monoisotopic (exact) mass is 515 g/mol. The summed E-state index contributed by atoms with van der Waals surface area (Å²) in [6.07, 6.45) is 9.78. The van der Waals surface area contributed by atoms with Gasteiger partial charge in [0.15, 0.2) is 0 Å². The molecule has 198 valence electrons. The third-order valence-corrected chi connectivity index (χ3v) is 7.18. The summed E-state index contributed by atoms with van der Waals surface area (Å²) in [5.74, 6) is 1.59. The molecule has 0 spiro atoms. The quantitative estimate of drug-likeness (QED) is 0.511. The lowest BCUT2D eigenvalue weighted by atomic mass is 10.1. The van der Waals surface area contributed by atoms with E-state index in [1.165, 1.54) is 0 Å². The number of likely N-dealkylation sites (N-methyl/N-ethyl adjacent to an activating group) is 1. The van der Waals surface area contributed by atoms with Crippen LogP contribution in [0.15, 0.2) is 72.5 Å². The molecule has 2 heterocycles. The Labute approximate surface area is 222 Å². The maximum atomic E-state index is 12.7. The number of urea groups is 1. The molecular weight excluding hydrogens is 482 g/mol. The molecule has 2 aromatic carbocycles. The Kier molecular flexibility index (Phi) is 7.62. The molecule has 3 N–H and O–H groups in total. The van der Waals surface area contributed by atoms with Gasteiger partial charge in [0.05, 0.1) is 6.04 Å². The SMILES string of the molecule is CN(C(=O)C1CCC(=O)N1)C1CCN(c2ccc(NC(=O)Nc3ccc(OC4=CC=CCC4)cc3)cc2)C1. The zero-order valence-corrected chi connectivity index (χ0v) is 21.5. The van der Waals surface area contributed by atoms with Gasteiger partial charge in [0.25, 0.3) is 0 Å². The average molecular weight is 516 g/mol. The zero-order chi connectivity index (χ0) is 26.5. The molecule has 5 rings (SSSR count). The number of amides is 4. The standard InChI is InChI=1S/C29H33N5O4/c1-33(28(36)26-15-16-27(35)32-26)23-17-18-34(19-23)22-11-7-20(8-12-22)30-29(37)31-21-9-13-25(14-10-21)38-24-5-3-2-4-6-24/h2-3,5,7-14,23,26H,4,6,15-19H2,1H3,(H,32,35)(H2,30,31,37). The van der Waals surface area contributed by atoms with Crippen LogP contribution in [-0.4, -0.2) is 55.0 Å². The van der Waals surface area contributed by atoms with Crippen LogP contribution in [0.1, 0.15) is 32.1 Å². The van der Waals surface area contributed by atoms with Gasteiger partial charge in [0, 0.05) is 50.0 Å². The van der Waals surface area contributed by atoms with Crippen molar-refractivity contribution >= 4 is 34.9 Å². The van der Waals surface area contributed by atoms with Gasteiger partial charge in [0.2, 0.25) is 11.8 Å². The largest absolute Gasteiger partial charge is 0.462 e. The highest BCUT2D eigenvalue weighted by atomic mass is 16.5. The molecule has 2 saturated heterocycles. The van der Waals surface area contributed by atoms with Gasteiger partial charge in [-0.2, -0.15) is 0 Å². The second-order valence-electron chi connectivity index (χ2n) is 9.85. The van der Waals surface area contributed by atoms with Gasteiger partial charge in [-0.1, -0.05) is 12.2 Å². The first kappa shape index (κ1) is 25.4. The number of hydrogen-bond donors (Lipinski definition) is 3. The van der Waals surface area contributed by atoms with E-state index in [0.717, 1.165) is 49.5 Å². The van der Waals surface area contributed by atoms with Crippen LogP contribution in [0.3, 0.4) is 0 Å². The highest BCUT2D eigenvalue weighted by molar-refractivity contribution is 5.99. The molecule has 0 radical (unpaired) electrons. The summed E-state index contributed by atoms with van der Waals surface area (Å²) in [4.78, 5) is 40.7. The van der Waals surface area contributed by atoms with E-state index in [1.807, 2.05) is 67.7 Å². The Hall–Kier alpha value is -4.27. The summed E-state index contributed by atoms with van der Waals surface area (Å²) >= 11 is 0. The topological polar surface area (TPSA) is 103 Å². The first-order valence-corrected chi connectivity index (χ1v) is 13.1. The van der Waals surface area contributed by atoms with Crippen LogP contribution in [0.25, 0.3) is 0 Å². The fourth-order valence-electron chi connectivity index (χ4n) is 4.99. The molecule has 9 nitrogen and oxygen atoms in total. The molecule has 0 bridgehead atoms. The lowest BCUT2D eigenvalue weighted by Gasteiger charge is -2.27. The predicted octanol–water partition coefficient (Wildman–Crippen LogP) is 4.26. The van der Waals surface area contributed by atoms with Gasteiger partial charge in [-0.15, -0.1) is 0 Å². The van der Waals surface area contributed by atoms with E-state index in [-0.39, 0.29) is 23.9 Å². The summed E-state index contributed by atoms with van der Waals surface area (Å²) in [6, 6.07) is 14.3. The van der Waals surface area contributed by atoms with Gasteiger partial charge in [-0.05, 0) is 73.9 Å². The Morgan fingerprint density at radius 2 is 1.71 bits per heavy atom. The smallest absolute Gasteiger partial charge is 0.323 e. The lowest BCUT2D eigenvalue weighted by molar-refractivity contribution is -0.134. The van der Waals surface area contributed by atoms with Gasteiger partial charge in [-0.25, -0.2) is 4.79 Å². The third-order valence-electron chi connectivity index (χ3n) is 7.18. The van der Waals surface area contributed by atoms with Crippen molar-refractivity contribution in [2.45, 2.75) is 44.2 Å². The van der Waals surface area contributed by atoms with Crippen molar-refractivity contribution in [1.82, 2.24) is 10.2 Å². The molecular formula is C29H33N5O4. The van der Waals surface area contributed by atoms with Crippen LogP contribution in [0.2, 0.25) is 0 Å². The first-order valence-electron chi connectivity index (χ1n) is 13.1. The number of nitrogens with one attached hydrogen (secondary N) is 3. The Morgan fingerprint density at radius 3 is 2.34 bits per heavy atom. The van der Waals surface area contributed by atoms with Crippen molar-refractivity contribution in [3.8, 4) is 5.75 Å². The van der Waals surface area contributed by atoms with Crippen LogP contribution < -0.4 is 25.6 Å². The van der Waals surface area contributed by atoms with Crippen LogP contribution in [0.4, 0.5) is 21.9 Å². The number of carbonyl (C=O) groups is 3. The molecule has 2 aliphatic heterocycles. The van der Waals surface area contributed by atoms with Gasteiger partial charge < -0.3 is 30.5 Å². The number of rotatable bonds is 7. The van der Waals surface area contributed by atoms with Gasteiger partial charge in [0.1, 0.15) is 17.6 Å². The molecule has 2 aromatic rings. The molecule has 2 fully saturated rings. The average Bonchev–Trinajstić information content (AvgIpc) is 3.60. The number of carbonyl (C=O) groups excluding carboxylic acids is 3. The molecule has 1 aliphatic carbocycles. The minimum absolute atomic E-state index is 0.0190. The zero-order valence-electron chi connectivity index (χ0n) is 21.5. The molecule has 9 heteroatoms. The molecule has 4 amide bonds. The Bertz CT molecular complexity index is 1240. The number of benzene rings is 2. The normalized spacial score (nSPS) is 20.5. The van der Waals surface area contributed by atoms with E-state index in [2.05, 4.69) is 26.9 Å². The van der Waals surface area contributed by atoms with Crippen molar-refractivity contribution in [2.24, 2.45) is 0 Å². The van der Waals surface area contributed by atoms with E-state index >= 15 is 0 Å². The summed E-state index contributed by atoms with van der Waals surface area (Å²) in [6.45, 7) is 1.56. The van der Waals surface area contributed by atoms with E-state index < -0.39 is 6.04 Å². The summed E-state index contributed by atoms with van der Waals surface area (Å²) in [5.41, 5.74) is 2.39. The maximum absolute atomic E-state index is 12.7. The van der Waals surface area contributed by atoms with Crippen molar-refractivity contribution in [3.05, 3.63) is 72.5 Å². The molecule has 0 saturated carbocycles. The number of anilines is 3. The molecule has 2 atom stereocenters. The lowest BCUT2D eigenvalue weighted by Crippen LogP contribution is -2.47. The summed E-state index contributed by atoms with van der Waals surface area (Å²) in [7, 11) is 1.82. The first-order chi connectivity index (χ1) is 18.4. The predicted molar refractivity (Wildman–Crippen MR) is 147 cm³/mol. The highest BCUT2D eigenvalue weighted by Crippen LogP contribution is 2.26. The van der Waals surface area contributed by atoms with E-state index in [4.69, 9.17) is 4.74 Å². The van der Waals surface area contributed by atoms with Crippen LogP contribution in [0.5, 0.6) is 5.75 Å². The molecule has 2 unspecified atom stereocenters. The van der Waals surface area contributed by atoms with Crippen molar-refractivity contribution in [2.75, 3.05) is 35.7 Å². The number of ether oxygens (including phenoxy) is 1. The summed E-state index contributed by atoms with van der Waals surface area (Å²) < 4.78 is 5.87. The molecule has 38 heavy (non-hydrogen) atoms. The fourth-order valence-corrected chi connectivity index (χ4v) is 4.99. The second kappa shape index (κ2) is 11.4. The van der Waals surface area contributed by atoms with Crippen molar-refractivity contribution in [3.63, 3.8) is 0 Å². The molecule has 0 aromatic heterocycles. The van der Waals surface area contributed by atoms with Crippen LogP contribution in [-0.2, 0) is 9.59 Å². The van der Waals surface area contributed by atoms with Crippen LogP contribution in [0, 0.1) is 0 Å². The summed E-state index contributed by atoms with van der Waals surface area (Å²) in [5, 5.41) is 8.46. The fraction of sp³-hybridized carbons (Fsp3) is 0.345. The third kappa shape index (κ3) is 6.16. The van der Waals surface area contributed by atoms with Gasteiger partial charge in [-0.3, -0.25) is 9.59 Å². The second-order valence-corrected chi connectivity index (χ2v) is 9.85. The Morgan fingerprint density at radius 1 is 1.00 bits per heavy atom. The highest BCUT2D eigenvalue weighted by Gasteiger charge is 2.34. The Balaban J connectivity index is 1.09. The van der Waals surface area contributed by atoms with E-state index in [1.54, 1.807) is 4.90 Å². The maximum Gasteiger partial charge on any atom is 0.323 e. The minimum Gasteiger partial charge on any atom is -0.462 e. The molecule has 3 aliphatic rings. The number of hydrogen-bond acceptors (Lipinski definition) is 5.